The third-order valence-electron chi connectivity index (χ3n) is 2.54. The van der Waals surface area contributed by atoms with Gasteiger partial charge in [-0.05, 0) is 18.8 Å². The second-order valence-corrected chi connectivity index (χ2v) is 3.42. The van der Waals surface area contributed by atoms with Gasteiger partial charge in [-0.15, -0.1) is 0 Å². The molecule has 0 nitrogen and oxygen atoms in total. The SMILES string of the molecule is CC[CH]CCC1CCCC1. The largest absolute Gasteiger partial charge is 0.0651 e. The summed E-state index contributed by atoms with van der Waals surface area (Å²) in [5, 5.41) is 0. The molecule has 1 fully saturated rings. The number of hydrogen-bond acceptors (Lipinski definition) is 0. The smallest absolute Gasteiger partial charge is 0.0388 e. The van der Waals surface area contributed by atoms with Crippen LogP contribution in [0.5, 0.6) is 0 Å². The van der Waals surface area contributed by atoms with Gasteiger partial charge in [0.25, 0.3) is 0 Å². The lowest BCUT2D eigenvalue weighted by molar-refractivity contribution is 0.498. The average molecular weight is 139 g/mol. The molecule has 0 bridgehead atoms. The standard InChI is InChI=1S/C10H19/c1-2-3-4-7-10-8-5-6-9-10/h3,10H,2,4-9H2,1H3. The summed E-state index contributed by atoms with van der Waals surface area (Å²) in [5.41, 5.74) is 0. The zero-order chi connectivity index (χ0) is 7.23. The first-order chi connectivity index (χ1) is 4.93. The summed E-state index contributed by atoms with van der Waals surface area (Å²) in [6.07, 6.45) is 12.5. The highest BCUT2D eigenvalue weighted by Gasteiger charge is 2.13. The zero-order valence-corrected chi connectivity index (χ0v) is 7.10. The predicted octanol–water partition coefficient (Wildman–Crippen LogP) is 3.57. The Morgan fingerprint density at radius 1 is 1.30 bits per heavy atom. The van der Waals surface area contributed by atoms with Crippen LogP contribution in [-0.4, -0.2) is 0 Å². The first kappa shape index (κ1) is 8.10. The molecule has 0 aliphatic heterocycles. The molecule has 0 heterocycles. The molecule has 0 amide bonds. The summed E-state index contributed by atoms with van der Waals surface area (Å²) in [4.78, 5) is 0. The Hall–Kier alpha value is 0. The predicted molar refractivity (Wildman–Crippen MR) is 45.8 cm³/mol. The van der Waals surface area contributed by atoms with Crippen LogP contribution in [0.3, 0.4) is 0 Å². The fourth-order valence-electron chi connectivity index (χ4n) is 1.86. The van der Waals surface area contributed by atoms with Gasteiger partial charge in [0.05, 0.1) is 0 Å². The maximum absolute atomic E-state index is 2.42. The summed E-state index contributed by atoms with van der Waals surface area (Å²) in [5.74, 6) is 1.09. The Morgan fingerprint density at radius 3 is 2.60 bits per heavy atom. The maximum atomic E-state index is 2.42. The van der Waals surface area contributed by atoms with Crippen LogP contribution in [-0.2, 0) is 0 Å². The molecule has 10 heavy (non-hydrogen) atoms. The molecule has 1 rings (SSSR count). The van der Waals surface area contributed by atoms with Crippen molar-refractivity contribution in [2.24, 2.45) is 5.92 Å². The molecular weight excluding hydrogens is 120 g/mol. The highest BCUT2D eigenvalue weighted by atomic mass is 14.2. The van der Waals surface area contributed by atoms with E-state index in [-0.39, 0.29) is 0 Å². The number of unbranched alkanes of at least 4 members (excludes halogenated alkanes) is 2. The molecule has 0 aromatic carbocycles. The van der Waals surface area contributed by atoms with Crippen molar-refractivity contribution in [2.45, 2.75) is 51.9 Å². The second-order valence-electron chi connectivity index (χ2n) is 3.42. The van der Waals surface area contributed by atoms with Gasteiger partial charge in [-0.3, -0.25) is 0 Å². The van der Waals surface area contributed by atoms with Gasteiger partial charge in [0.15, 0.2) is 0 Å². The molecule has 0 unspecified atom stereocenters. The van der Waals surface area contributed by atoms with E-state index in [9.17, 15) is 0 Å². The Bertz CT molecular complexity index is 70.1. The third kappa shape index (κ3) is 2.72. The monoisotopic (exact) mass is 139 g/mol. The van der Waals surface area contributed by atoms with E-state index in [0.717, 1.165) is 5.92 Å². The fraction of sp³-hybridized carbons (Fsp3) is 0.900. The molecule has 0 heteroatoms. The Kier molecular flexibility index (Phi) is 3.86. The van der Waals surface area contributed by atoms with Gasteiger partial charge in [-0.25, -0.2) is 0 Å². The molecule has 0 spiro atoms. The first-order valence-corrected chi connectivity index (χ1v) is 4.75. The van der Waals surface area contributed by atoms with Crippen LogP contribution in [0.2, 0.25) is 0 Å². The van der Waals surface area contributed by atoms with Gasteiger partial charge in [-0.2, -0.15) is 0 Å². The molecular formula is C10H19. The fourth-order valence-corrected chi connectivity index (χ4v) is 1.86. The van der Waals surface area contributed by atoms with Gasteiger partial charge in [-0.1, -0.05) is 45.4 Å². The van der Waals surface area contributed by atoms with E-state index in [1.54, 1.807) is 0 Å². The van der Waals surface area contributed by atoms with Crippen LogP contribution in [0.1, 0.15) is 51.9 Å². The summed E-state index contributed by atoms with van der Waals surface area (Å²) in [7, 11) is 0. The van der Waals surface area contributed by atoms with Crippen molar-refractivity contribution in [3.05, 3.63) is 6.42 Å². The summed E-state index contributed by atoms with van der Waals surface area (Å²) >= 11 is 0. The molecule has 1 radical (unpaired) electrons. The zero-order valence-electron chi connectivity index (χ0n) is 7.10. The van der Waals surface area contributed by atoms with Crippen LogP contribution in [0, 0.1) is 12.3 Å². The van der Waals surface area contributed by atoms with Crippen molar-refractivity contribution in [1.29, 1.82) is 0 Å². The van der Waals surface area contributed by atoms with Crippen LogP contribution in [0.25, 0.3) is 0 Å². The van der Waals surface area contributed by atoms with E-state index in [1.807, 2.05) is 0 Å². The minimum Gasteiger partial charge on any atom is -0.0651 e. The van der Waals surface area contributed by atoms with Crippen LogP contribution < -0.4 is 0 Å². The number of rotatable bonds is 4. The lowest BCUT2D eigenvalue weighted by Gasteiger charge is -2.06. The highest BCUT2D eigenvalue weighted by Crippen LogP contribution is 2.28. The molecule has 0 N–H and O–H groups in total. The maximum Gasteiger partial charge on any atom is -0.0388 e. The van der Waals surface area contributed by atoms with E-state index in [2.05, 4.69) is 13.3 Å². The summed E-state index contributed by atoms with van der Waals surface area (Å²) < 4.78 is 0. The lowest BCUT2D eigenvalue weighted by atomic mass is 10.0. The van der Waals surface area contributed by atoms with Crippen molar-refractivity contribution in [1.82, 2.24) is 0 Å². The third-order valence-corrected chi connectivity index (χ3v) is 2.54. The normalized spacial score (nSPS) is 20.1. The Morgan fingerprint density at radius 2 is 2.00 bits per heavy atom. The van der Waals surface area contributed by atoms with E-state index >= 15 is 0 Å². The molecule has 1 aliphatic rings. The van der Waals surface area contributed by atoms with Gasteiger partial charge >= 0.3 is 0 Å². The molecule has 1 saturated carbocycles. The Labute approximate surface area is 65.0 Å². The molecule has 1 aliphatic carbocycles. The Balaban J connectivity index is 1.91. The number of hydrogen-bond donors (Lipinski definition) is 0. The second kappa shape index (κ2) is 4.76. The molecule has 0 atom stereocenters. The summed E-state index contributed by atoms with van der Waals surface area (Å²) in [6, 6.07) is 0. The van der Waals surface area contributed by atoms with Crippen LogP contribution in [0.15, 0.2) is 0 Å². The van der Waals surface area contributed by atoms with Gasteiger partial charge in [0.1, 0.15) is 0 Å². The quantitative estimate of drug-likeness (QED) is 0.522. The molecule has 0 aromatic rings. The van der Waals surface area contributed by atoms with Crippen LogP contribution >= 0.6 is 0 Å². The van der Waals surface area contributed by atoms with Crippen molar-refractivity contribution >= 4 is 0 Å². The topological polar surface area (TPSA) is 0 Å². The lowest BCUT2D eigenvalue weighted by Crippen LogP contribution is -1.92. The minimum atomic E-state index is 1.09. The van der Waals surface area contributed by atoms with Crippen molar-refractivity contribution < 1.29 is 0 Å². The molecule has 0 saturated heterocycles. The molecule has 59 valence electrons. The van der Waals surface area contributed by atoms with E-state index in [0.29, 0.717) is 0 Å². The minimum absolute atomic E-state index is 1.09. The van der Waals surface area contributed by atoms with E-state index in [4.69, 9.17) is 0 Å². The average Bonchev–Trinajstić information content (AvgIpc) is 2.41. The van der Waals surface area contributed by atoms with Gasteiger partial charge in [0, 0.05) is 0 Å². The van der Waals surface area contributed by atoms with Crippen LogP contribution in [0.4, 0.5) is 0 Å². The van der Waals surface area contributed by atoms with E-state index < -0.39 is 0 Å². The van der Waals surface area contributed by atoms with Crippen molar-refractivity contribution in [2.75, 3.05) is 0 Å². The van der Waals surface area contributed by atoms with Crippen molar-refractivity contribution in [3.63, 3.8) is 0 Å². The van der Waals surface area contributed by atoms with Gasteiger partial charge < -0.3 is 0 Å². The van der Waals surface area contributed by atoms with Gasteiger partial charge in [0.2, 0.25) is 0 Å². The summed E-state index contributed by atoms with van der Waals surface area (Å²) in [6.45, 7) is 2.23. The molecule has 0 aromatic heterocycles. The van der Waals surface area contributed by atoms with E-state index in [1.165, 1.54) is 44.9 Å². The van der Waals surface area contributed by atoms with Crippen molar-refractivity contribution in [3.8, 4) is 0 Å². The first-order valence-electron chi connectivity index (χ1n) is 4.75. The highest BCUT2D eigenvalue weighted by molar-refractivity contribution is 4.71.